The zero-order valence-electron chi connectivity index (χ0n) is 13.0. The van der Waals surface area contributed by atoms with E-state index in [1.165, 1.54) is 0 Å². The molecule has 0 saturated heterocycles. The molecule has 2 rings (SSSR count). The van der Waals surface area contributed by atoms with Crippen LogP contribution in [0.2, 0.25) is 5.02 Å². The Balaban J connectivity index is 2.04. The van der Waals surface area contributed by atoms with E-state index in [0.717, 1.165) is 18.4 Å². The Morgan fingerprint density at radius 1 is 1.23 bits per heavy atom. The first kappa shape index (κ1) is 16.8. The number of carboxylic acids is 1. The van der Waals surface area contributed by atoms with Gasteiger partial charge in [-0.1, -0.05) is 30.2 Å². The van der Waals surface area contributed by atoms with Crippen LogP contribution in [-0.2, 0) is 9.59 Å². The summed E-state index contributed by atoms with van der Waals surface area (Å²) in [5.41, 5.74) is 1.02. The van der Waals surface area contributed by atoms with E-state index in [4.69, 9.17) is 16.7 Å². The van der Waals surface area contributed by atoms with Crippen molar-refractivity contribution in [3.8, 4) is 0 Å². The molecule has 1 aliphatic carbocycles. The molecule has 1 fully saturated rings. The molecule has 120 valence electrons. The summed E-state index contributed by atoms with van der Waals surface area (Å²) in [4.78, 5) is 25.5. The second kappa shape index (κ2) is 7.14. The molecule has 1 N–H and O–H groups in total. The number of benzene rings is 1. The second-order valence-electron chi connectivity index (χ2n) is 6.08. The molecule has 5 heteroatoms. The third-order valence-corrected chi connectivity index (χ3v) is 4.91. The zero-order valence-corrected chi connectivity index (χ0v) is 13.7. The molecule has 1 aromatic carbocycles. The lowest BCUT2D eigenvalue weighted by Crippen LogP contribution is -2.38. The van der Waals surface area contributed by atoms with Crippen LogP contribution in [0.3, 0.4) is 0 Å². The highest BCUT2D eigenvalue weighted by molar-refractivity contribution is 6.30. The van der Waals surface area contributed by atoms with Crippen molar-refractivity contribution in [1.82, 2.24) is 4.90 Å². The number of amides is 1. The van der Waals surface area contributed by atoms with Gasteiger partial charge in [-0.2, -0.15) is 0 Å². The fourth-order valence-corrected chi connectivity index (χ4v) is 3.21. The largest absolute Gasteiger partial charge is 0.481 e. The summed E-state index contributed by atoms with van der Waals surface area (Å²) >= 11 is 5.89. The van der Waals surface area contributed by atoms with Crippen molar-refractivity contribution in [3.05, 3.63) is 34.9 Å². The maximum absolute atomic E-state index is 12.7. The van der Waals surface area contributed by atoms with E-state index < -0.39 is 5.97 Å². The molecule has 3 atom stereocenters. The van der Waals surface area contributed by atoms with Crippen molar-refractivity contribution in [1.29, 1.82) is 0 Å². The summed E-state index contributed by atoms with van der Waals surface area (Å²) in [5.74, 6) is -1.32. The first-order valence-corrected chi connectivity index (χ1v) is 8.03. The monoisotopic (exact) mass is 323 g/mol. The zero-order chi connectivity index (χ0) is 16.3. The maximum atomic E-state index is 12.7. The van der Waals surface area contributed by atoms with Crippen LogP contribution in [0.25, 0.3) is 0 Å². The topological polar surface area (TPSA) is 57.6 Å². The summed E-state index contributed by atoms with van der Waals surface area (Å²) < 4.78 is 0. The van der Waals surface area contributed by atoms with Gasteiger partial charge in [-0.15, -0.1) is 0 Å². The number of aliphatic carboxylic acids is 1. The summed E-state index contributed by atoms with van der Waals surface area (Å²) in [7, 11) is 1.78. The van der Waals surface area contributed by atoms with Crippen LogP contribution in [0.4, 0.5) is 0 Å². The summed E-state index contributed by atoms with van der Waals surface area (Å²) in [6.07, 6.45) is 2.71. The lowest BCUT2D eigenvalue weighted by molar-refractivity contribution is -0.145. The first-order valence-electron chi connectivity index (χ1n) is 7.65. The molecule has 0 aliphatic heterocycles. The number of rotatable bonds is 4. The third-order valence-electron chi connectivity index (χ3n) is 4.65. The minimum absolute atomic E-state index is 0.0356. The van der Waals surface area contributed by atoms with Crippen molar-refractivity contribution >= 4 is 23.5 Å². The average Bonchev–Trinajstić information content (AvgIpc) is 2.53. The van der Waals surface area contributed by atoms with Gasteiger partial charge in [0.15, 0.2) is 0 Å². The highest BCUT2D eigenvalue weighted by Crippen LogP contribution is 2.32. The van der Waals surface area contributed by atoms with Gasteiger partial charge in [0.25, 0.3) is 0 Å². The summed E-state index contributed by atoms with van der Waals surface area (Å²) in [6.45, 7) is 1.97. The van der Waals surface area contributed by atoms with Crippen LogP contribution in [-0.4, -0.2) is 28.9 Å². The molecule has 0 aromatic heterocycles. The normalized spacial score (nSPS) is 22.9. The van der Waals surface area contributed by atoms with Gasteiger partial charge in [0.2, 0.25) is 5.91 Å². The molecular formula is C17H22ClNO3. The van der Waals surface area contributed by atoms with Crippen LogP contribution in [0.15, 0.2) is 24.3 Å². The number of halogens is 1. The predicted octanol–water partition coefficient (Wildman–Crippen LogP) is 3.75. The number of carbonyl (C=O) groups excluding carboxylic acids is 1. The fourth-order valence-electron chi connectivity index (χ4n) is 3.08. The van der Waals surface area contributed by atoms with E-state index in [-0.39, 0.29) is 23.8 Å². The van der Waals surface area contributed by atoms with Gasteiger partial charge >= 0.3 is 5.97 Å². The minimum atomic E-state index is -0.786. The van der Waals surface area contributed by atoms with Crippen LogP contribution >= 0.6 is 11.6 Å². The highest BCUT2D eigenvalue weighted by Gasteiger charge is 2.33. The van der Waals surface area contributed by atoms with Crippen molar-refractivity contribution in [3.63, 3.8) is 0 Å². The summed E-state index contributed by atoms with van der Waals surface area (Å²) in [5, 5.41) is 9.82. The Hall–Kier alpha value is -1.55. The van der Waals surface area contributed by atoms with Crippen molar-refractivity contribution < 1.29 is 14.7 Å². The van der Waals surface area contributed by atoms with Crippen LogP contribution < -0.4 is 0 Å². The van der Waals surface area contributed by atoms with E-state index >= 15 is 0 Å². The Kier molecular flexibility index (Phi) is 5.46. The van der Waals surface area contributed by atoms with Crippen LogP contribution in [0.1, 0.15) is 44.2 Å². The van der Waals surface area contributed by atoms with Gasteiger partial charge in [0.1, 0.15) is 0 Å². The van der Waals surface area contributed by atoms with E-state index in [9.17, 15) is 9.59 Å². The molecule has 4 nitrogen and oxygen atoms in total. The SMILES string of the molecule is CC(c1ccc(Cl)cc1)N(C)C(=O)C1CCCC(C(=O)O)C1. The van der Waals surface area contributed by atoms with Crippen LogP contribution in [0.5, 0.6) is 0 Å². The molecule has 22 heavy (non-hydrogen) atoms. The predicted molar refractivity (Wildman–Crippen MR) is 85.7 cm³/mol. The molecule has 0 spiro atoms. The van der Waals surface area contributed by atoms with Crippen molar-refractivity contribution in [2.75, 3.05) is 7.05 Å². The van der Waals surface area contributed by atoms with Gasteiger partial charge in [-0.25, -0.2) is 0 Å². The molecule has 1 amide bonds. The molecule has 3 unspecified atom stereocenters. The number of nitrogens with zero attached hydrogens (tertiary/aromatic N) is 1. The Morgan fingerprint density at radius 2 is 1.82 bits per heavy atom. The third kappa shape index (κ3) is 3.80. The Bertz CT molecular complexity index is 543. The van der Waals surface area contributed by atoms with E-state index in [2.05, 4.69) is 0 Å². The smallest absolute Gasteiger partial charge is 0.306 e. The van der Waals surface area contributed by atoms with E-state index in [1.54, 1.807) is 11.9 Å². The lowest BCUT2D eigenvalue weighted by Gasteiger charge is -2.32. The summed E-state index contributed by atoms with van der Waals surface area (Å²) in [6, 6.07) is 7.39. The molecule has 1 aliphatic rings. The van der Waals surface area contributed by atoms with Gasteiger partial charge < -0.3 is 10.0 Å². The van der Waals surface area contributed by atoms with Crippen molar-refractivity contribution in [2.45, 2.75) is 38.6 Å². The molecule has 0 bridgehead atoms. The van der Waals surface area contributed by atoms with Gasteiger partial charge in [-0.05, 0) is 43.9 Å². The Morgan fingerprint density at radius 3 is 2.41 bits per heavy atom. The molecule has 0 heterocycles. The molecule has 0 radical (unpaired) electrons. The fraction of sp³-hybridized carbons (Fsp3) is 0.529. The minimum Gasteiger partial charge on any atom is -0.481 e. The van der Waals surface area contributed by atoms with Crippen molar-refractivity contribution in [2.24, 2.45) is 11.8 Å². The molecule has 1 aromatic rings. The average molecular weight is 324 g/mol. The highest BCUT2D eigenvalue weighted by atomic mass is 35.5. The van der Waals surface area contributed by atoms with Crippen LogP contribution in [0, 0.1) is 11.8 Å². The second-order valence-corrected chi connectivity index (χ2v) is 6.51. The maximum Gasteiger partial charge on any atom is 0.306 e. The van der Waals surface area contributed by atoms with Gasteiger partial charge in [0, 0.05) is 18.0 Å². The number of hydrogen-bond acceptors (Lipinski definition) is 2. The van der Waals surface area contributed by atoms with E-state index in [0.29, 0.717) is 17.9 Å². The Labute approximate surface area is 136 Å². The molecule has 1 saturated carbocycles. The van der Waals surface area contributed by atoms with Gasteiger partial charge in [0.05, 0.1) is 12.0 Å². The lowest BCUT2D eigenvalue weighted by atomic mass is 9.80. The quantitative estimate of drug-likeness (QED) is 0.918. The van der Waals surface area contributed by atoms with Gasteiger partial charge in [-0.3, -0.25) is 9.59 Å². The number of hydrogen-bond donors (Lipinski definition) is 1. The number of carbonyl (C=O) groups is 2. The molecular weight excluding hydrogens is 302 g/mol. The first-order chi connectivity index (χ1) is 10.4. The van der Waals surface area contributed by atoms with E-state index in [1.807, 2.05) is 31.2 Å². The number of carboxylic acid groups (broad SMARTS) is 1. The standard InChI is InChI=1S/C17H22ClNO3/c1-11(12-6-8-15(18)9-7-12)19(2)16(20)13-4-3-5-14(10-13)17(21)22/h6-9,11,13-14H,3-5,10H2,1-2H3,(H,21,22).